The highest BCUT2D eigenvalue weighted by molar-refractivity contribution is 6.04. The number of piperazine rings is 1. The van der Waals surface area contributed by atoms with Gasteiger partial charge in [0.1, 0.15) is 5.75 Å². The van der Waals surface area contributed by atoms with Crippen molar-refractivity contribution < 1.29 is 23.1 Å². The molecule has 8 nitrogen and oxygen atoms in total. The van der Waals surface area contributed by atoms with Gasteiger partial charge in [-0.2, -0.15) is 0 Å². The summed E-state index contributed by atoms with van der Waals surface area (Å²) >= 11 is 0. The van der Waals surface area contributed by atoms with Gasteiger partial charge in [-0.3, -0.25) is 4.79 Å². The zero-order chi connectivity index (χ0) is 28.1. The van der Waals surface area contributed by atoms with E-state index in [-0.39, 0.29) is 11.6 Å². The number of benzene rings is 3. The molecule has 2 aliphatic rings. The molecule has 0 unspecified atom stereocenters. The smallest absolute Gasteiger partial charge is 0.323 e. The van der Waals surface area contributed by atoms with E-state index in [0.29, 0.717) is 37.4 Å². The lowest BCUT2D eigenvalue weighted by atomic mass is 10.1. The first kappa shape index (κ1) is 27.2. The maximum Gasteiger partial charge on any atom is 0.323 e. The number of hydrogen-bond acceptors (Lipinski definition) is 5. The average Bonchev–Trinajstić information content (AvgIpc) is 2.99. The monoisotopic (exact) mass is 549 g/mol. The second kappa shape index (κ2) is 12.2. The summed E-state index contributed by atoms with van der Waals surface area (Å²) in [6.45, 7) is 4.34. The molecule has 10 heteroatoms. The molecule has 2 N–H and O–H groups in total. The Morgan fingerprint density at radius 3 is 2.02 bits per heavy atom. The van der Waals surface area contributed by atoms with Crippen LogP contribution in [-0.2, 0) is 0 Å². The fourth-order valence-electron chi connectivity index (χ4n) is 5.27. The summed E-state index contributed by atoms with van der Waals surface area (Å²) in [5.74, 6) is -1.28. The molecule has 2 fully saturated rings. The van der Waals surface area contributed by atoms with E-state index in [2.05, 4.69) is 20.4 Å². The molecule has 5 rings (SSSR count). The number of carbonyl (C=O) groups is 2. The Labute approximate surface area is 232 Å². The number of nitrogens with one attached hydrogen (secondary N) is 2. The number of nitrogens with zero attached hydrogens (tertiary/aromatic N) is 3. The lowest BCUT2D eigenvalue weighted by Gasteiger charge is -2.39. The lowest BCUT2D eigenvalue weighted by Crippen LogP contribution is -2.47. The van der Waals surface area contributed by atoms with E-state index in [9.17, 15) is 18.4 Å². The molecular formula is C30H33F2N5O3. The number of likely N-dealkylation sites (tertiary alicyclic amines) is 1. The predicted molar refractivity (Wildman–Crippen MR) is 153 cm³/mol. The fourth-order valence-corrected chi connectivity index (χ4v) is 5.27. The number of piperidine rings is 1. The van der Waals surface area contributed by atoms with Crippen LogP contribution in [0.2, 0.25) is 0 Å². The molecule has 2 saturated heterocycles. The van der Waals surface area contributed by atoms with Gasteiger partial charge in [0.2, 0.25) is 0 Å². The zero-order valence-electron chi connectivity index (χ0n) is 22.5. The topological polar surface area (TPSA) is 77.1 Å². The standard InChI is InChI=1S/C30H33F2N5O3/c1-40-28-8-4-3-7-27(28)36-17-15-35(16-18-36)26-12-10-21(19-23(26)29(38)37-13-5-2-6-14-37)33-30(39)34-22-9-11-24(31)25(32)20-22/h3-4,7-12,19-20H,2,5-6,13-18H2,1H3,(H2,33,34,39). The van der Waals surface area contributed by atoms with Crippen LogP contribution in [0.25, 0.3) is 0 Å². The quantitative estimate of drug-likeness (QED) is 0.421. The minimum atomic E-state index is -1.05. The summed E-state index contributed by atoms with van der Waals surface area (Å²) in [5.41, 5.74) is 2.93. The number of para-hydroxylation sites is 2. The third-order valence-electron chi connectivity index (χ3n) is 7.35. The first-order valence-corrected chi connectivity index (χ1v) is 13.5. The molecule has 0 aliphatic carbocycles. The SMILES string of the molecule is COc1ccccc1N1CCN(c2ccc(NC(=O)Nc3ccc(F)c(F)c3)cc2C(=O)N2CCCCC2)CC1. The van der Waals surface area contributed by atoms with Crippen molar-refractivity contribution in [2.45, 2.75) is 19.3 Å². The van der Waals surface area contributed by atoms with Crippen LogP contribution in [0.4, 0.5) is 36.3 Å². The number of rotatable bonds is 6. The summed E-state index contributed by atoms with van der Waals surface area (Å²) < 4.78 is 32.3. The van der Waals surface area contributed by atoms with Crippen molar-refractivity contribution in [1.29, 1.82) is 0 Å². The van der Waals surface area contributed by atoms with Gasteiger partial charge in [0, 0.05) is 62.4 Å². The van der Waals surface area contributed by atoms with Crippen LogP contribution in [0.1, 0.15) is 29.6 Å². The number of amides is 3. The van der Waals surface area contributed by atoms with Crippen LogP contribution in [0, 0.1) is 11.6 Å². The van der Waals surface area contributed by atoms with Crippen LogP contribution in [0.3, 0.4) is 0 Å². The van der Waals surface area contributed by atoms with E-state index in [1.165, 1.54) is 6.07 Å². The summed E-state index contributed by atoms with van der Waals surface area (Å²) in [5, 5.41) is 5.22. The molecule has 0 bridgehead atoms. The number of methoxy groups -OCH3 is 1. The molecule has 3 aromatic rings. The van der Waals surface area contributed by atoms with Crippen LogP contribution in [0.15, 0.2) is 60.7 Å². The Morgan fingerprint density at radius 1 is 0.725 bits per heavy atom. The summed E-state index contributed by atoms with van der Waals surface area (Å²) in [4.78, 5) is 32.7. The number of anilines is 4. The molecule has 0 atom stereocenters. The number of urea groups is 1. The Bertz CT molecular complexity index is 1370. The zero-order valence-corrected chi connectivity index (χ0v) is 22.5. The fraction of sp³-hybridized carbons (Fsp3) is 0.333. The summed E-state index contributed by atoms with van der Waals surface area (Å²) in [6.07, 6.45) is 3.04. The molecule has 0 spiro atoms. The van der Waals surface area contributed by atoms with Crippen LogP contribution < -0.4 is 25.2 Å². The highest BCUT2D eigenvalue weighted by Gasteiger charge is 2.26. The van der Waals surface area contributed by atoms with E-state index in [4.69, 9.17) is 4.74 Å². The first-order chi connectivity index (χ1) is 19.4. The van der Waals surface area contributed by atoms with Crippen molar-refractivity contribution in [2.24, 2.45) is 0 Å². The van der Waals surface area contributed by atoms with Gasteiger partial charge in [0.25, 0.3) is 5.91 Å². The third-order valence-corrected chi connectivity index (χ3v) is 7.35. The van der Waals surface area contributed by atoms with Crippen molar-refractivity contribution in [3.8, 4) is 5.75 Å². The van der Waals surface area contributed by atoms with Gasteiger partial charge in [-0.1, -0.05) is 12.1 Å². The Kier molecular flexibility index (Phi) is 8.33. The highest BCUT2D eigenvalue weighted by atomic mass is 19.2. The van der Waals surface area contributed by atoms with Gasteiger partial charge in [-0.25, -0.2) is 13.6 Å². The van der Waals surface area contributed by atoms with Crippen LogP contribution in [0.5, 0.6) is 5.75 Å². The van der Waals surface area contributed by atoms with Gasteiger partial charge in [0.15, 0.2) is 11.6 Å². The van der Waals surface area contributed by atoms with E-state index in [1.54, 1.807) is 19.2 Å². The van der Waals surface area contributed by atoms with E-state index in [0.717, 1.165) is 61.6 Å². The number of hydrogen-bond donors (Lipinski definition) is 2. The van der Waals surface area contributed by atoms with Crippen molar-refractivity contribution in [3.05, 3.63) is 77.9 Å². The van der Waals surface area contributed by atoms with Crippen LogP contribution >= 0.6 is 0 Å². The predicted octanol–water partition coefficient (Wildman–Crippen LogP) is 5.57. The summed E-state index contributed by atoms with van der Waals surface area (Å²) in [7, 11) is 1.67. The third kappa shape index (κ3) is 6.11. The van der Waals surface area contributed by atoms with E-state index >= 15 is 0 Å². The summed E-state index contributed by atoms with van der Waals surface area (Å²) in [6, 6.07) is 15.8. The molecule has 2 aliphatic heterocycles. The second-order valence-corrected chi connectivity index (χ2v) is 9.94. The van der Waals surface area contributed by atoms with Gasteiger partial charge < -0.3 is 30.1 Å². The highest BCUT2D eigenvalue weighted by Crippen LogP contribution is 2.32. The second-order valence-electron chi connectivity index (χ2n) is 9.94. The van der Waals surface area contributed by atoms with Gasteiger partial charge >= 0.3 is 6.03 Å². The molecule has 210 valence electrons. The first-order valence-electron chi connectivity index (χ1n) is 13.5. The minimum Gasteiger partial charge on any atom is -0.495 e. The minimum absolute atomic E-state index is 0.0634. The molecule has 3 amide bonds. The van der Waals surface area contributed by atoms with Crippen molar-refractivity contribution in [1.82, 2.24) is 4.90 Å². The Hall–Kier alpha value is -4.34. The number of halogens is 2. The molecule has 0 radical (unpaired) electrons. The van der Waals surface area contributed by atoms with E-state index in [1.807, 2.05) is 35.2 Å². The average molecular weight is 550 g/mol. The van der Waals surface area contributed by atoms with Gasteiger partial charge in [-0.15, -0.1) is 0 Å². The maximum absolute atomic E-state index is 13.7. The number of ether oxygens (including phenoxy) is 1. The largest absolute Gasteiger partial charge is 0.495 e. The van der Waals surface area contributed by atoms with Gasteiger partial charge in [0.05, 0.1) is 18.4 Å². The normalized spacial score (nSPS) is 15.5. The molecule has 3 aromatic carbocycles. The van der Waals surface area contributed by atoms with Crippen molar-refractivity contribution in [2.75, 3.05) is 66.8 Å². The van der Waals surface area contributed by atoms with Gasteiger partial charge in [-0.05, 0) is 61.7 Å². The van der Waals surface area contributed by atoms with Crippen molar-refractivity contribution in [3.63, 3.8) is 0 Å². The number of carbonyl (C=O) groups excluding carboxylic acids is 2. The Morgan fingerprint density at radius 2 is 1.35 bits per heavy atom. The maximum atomic E-state index is 13.7. The van der Waals surface area contributed by atoms with E-state index < -0.39 is 17.7 Å². The lowest BCUT2D eigenvalue weighted by molar-refractivity contribution is 0.0725. The molecule has 0 saturated carbocycles. The molecule has 40 heavy (non-hydrogen) atoms. The molecule has 2 heterocycles. The molecular weight excluding hydrogens is 516 g/mol. The van der Waals surface area contributed by atoms with Crippen molar-refractivity contribution >= 4 is 34.7 Å². The Balaban J connectivity index is 1.34. The van der Waals surface area contributed by atoms with Crippen LogP contribution in [-0.4, -0.2) is 63.2 Å². The molecule has 0 aromatic heterocycles.